The summed E-state index contributed by atoms with van der Waals surface area (Å²) in [6.07, 6.45) is 16.2. The molecular weight excluding hydrogens is 172 g/mol. The Hall–Kier alpha value is -0.590. The summed E-state index contributed by atoms with van der Waals surface area (Å²) in [5.74, 6) is 0. The minimum atomic E-state index is 0.674. The van der Waals surface area contributed by atoms with Gasteiger partial charge in [-0.2, -0.15) is 0 Å². The van der Waals surface area contributed by atoms with Crippen LogP contribution in [0.4, 0.5) is 0 Å². The van der Waals surface area contributed by atoms with Crippen molar-refractivity contribution < 1.29 is 4.79 Å². The van der Waals surface area contributed by atoms with E-state index in [2.05, 4.69) is 19.1 Å². The van der Waals surface area contributed by atoms with Crippen LogP contribution in [0, 0.1) is 0 Å². The molecule has 0 rings (SSSR count). The predicted octanol–water partition coefficient (Wildman–Crippen LogP) is 4.27. The zero-order valence-electron chi connectivity index (χ0n) is 9.50. The molecule has 0 aromatic rings. The van der Waals surface area contributed by atoms with Crippen LogP contribution in [0.3, 0.4) is 0 Å². The van der Waals surface area contributed by atoms with E-state index in [1.165, 1.54) is 44.9 Å². The van der Waals surface area contributed by atoms with Crippen molar-refractivity contribution in [3.05, 3.63) is 12.2 Å². The fourth-order valence-corrected chi connectivity index (χ4v) is 1.44. The summed E-state index contributed by atoms with van der Waals surface area (Å²) in [6.45, 7) is 2.25. The van der Waals surface area contributed by atoms with Crippen LogP contribution in [0.5, 0.6) is 0 Å². The fraction of sp³-hybridized carbons (Fsp3) is 0.769. The first kappa shape index (κ1) is 13.4. The summed E-state index contributed by atoms with van der Waals surface area (Å²) in [5.41, 5.74) is 0. The molecule has 0 aliphatic rings. The highest BCUT2D eigenvalue weighted by molar-refractivity contribution is 5.49. The number of hydrogen-bond donors (Lipinski definition) is 0. The number of aldehydes is 1. The minimum Gasteiger partial charge on any atom is -0.303 e. The second-order valence-corrected chi connectivity index (χ2v) is 3.77. The van der Waals surface area contributed by atoms with Crippen molar-refractivity contribution in [3.63, 3.8) is 0 Å². The third kappa shape index (κ3) is 11.4. The molecule has 0 heterocycles. The van der Waals surface area contributed by atoms with Crippen LogP contribution in [-0.4, -0.2) is 6.29 Å². The van der Waals surface area contributed by atoms with Crippen LogP contribution in [0.1, 0.15) is 64.7 Å². The van der Waals surface area contributed by atoms with Crippen LogP contribution in [-0.2, 0) is 4.79 Å². The van der Waals surface area contributed by atoms with E-state index in [1.807, 2.05) is 0 Å². The number of allylic oxidation sites excluding steroid dienone is 2. The molecule has 0 saturated carbocycles. The van der Waals surface area contributed by atoms with E-state index in [1.54, 1.807) is 0 Å². The van der Waals surface area contributed by atoms with Crippen molar-refractivity contribution in [2.75, 3.05) is 0 Å². The molecule has 0 aliphatic heterocycles. The molecule has 0 bridgehead atoms. The molecule has 0 radical (unpaired) electrons. The van der Waals surface area contributed by atoms with Gasteiger partial charge in [-0.05, 0) is 19.3 Å². The zero-order chi connectivity index (χ0) is 10.5. The predicted molar refractivity (Wildman–Crippen MR) is 62.4 cm³/mol. The van der Waals surface area contributed by atoms with Crippen molar-refractivity contribution in [1.82, 2.24) is 0 Å². The van der Waals surface area contributed by atoms with Crippen LogP contribution in [0.2, 0.25) is 0 Å². The lowest BCUT2D eigenvalue weighted by molar-refractivity contribution is -0.107. The number of carbonyl (C=O) groups excluding carboxylic acids is 1. The summed E-state index contributed by atoms with van der Waals surface area (Å²) < 4.78 is 0. The number of hydrogen-bond acceptors (Lipinski definition) is 1. The van der Waals surface area contributed by atoms with E-state index in [4.69, 9.17) is 0 Å². The Labute approximate surface area is 88.6 Å². The number of unbranched alkanes of at least 4 members (excludes halogenated alkanes) is 7. The first-order valence-electron chi connectivity index (χ1n) is 6.00. The molecule has 0 amide bonds. The third-order valence-electron chi connectivity index (χ3n) is 2.34. The summed E-state index contributed by atoms with van der Waals surface area (Å²) in [4.78, 5) is 10.0. The molecule has 0 saturated heterocycles. The average Bonchev–Trinajstić information content (AvgIpc) is 2.21. The summed E-state index contributed by atoms with van der Waals surface area (Å²) in [6, 6.07) is 0. The van der Waals surface area contributed by atoms with Crippen molar-refractivity contribution in [3.8, 4) is 0 Å². The first-order chi connectivity index (χ1) is 6.91. The molecule has 0 aromatic carbocycles. The second-order valence-electron chi connectivity index (χ2n) is 3.77. The third-order valence-corrected chi connectivity index (χ3v) is 2.34. The molecule has 0 unspecified atom stereocenters. The average molecular weight is 196 g/mol. The molecule has 1 nitrogen and oxygen atoms in total. The molecule has 0 N–H and O–H groups in total. The van der Waals surface area contributed by atoms with E-state index >= 15 is 0 Å². The molecule has 82 valence electrons. The van der Waals surface area contributed by atoms with E-state index in [0.29, 0.717) is 6.42 Å². The monoisotopic (exact) mass is 196 g/mol. The Morgan fingerprint density at radius 1 is 0.786 bits per heavy atom. The minimum absolute atomic E-state index is 0.674. The van der Waals surface area contributed by atoms with Crippen molar-refractivity contribution in [2.45, 2.75) is 64.7 Å². The Balaban J connectivity index is 2.97. The molecular formula is C13H24O. The van der Waals surface area contributed by atoms with Gasteiger partial charge in [0.1, 0.15) is 6.29 Å². The highest BCUT2D eigenvalue weighted by Crippen LogP contribution is 2.07. The quantitative estimate of drug-likeness (QED) is 0.290. The maximum Gasteiger partial charge on any atom is 0.120 e. The van der Waals surface area contributed by atoms with Crippen LogP contribution < -0.4 is 0 Å². The van der Waals surface area contributed by atoms with Gasteiger partial charge in [-0.25, -0.2) is 0 Å². The van der Waals surface area contributed by atoms with Gasteiger partial charge in [0.25, 0.3) is 0 Å². The Bertz CT molecular complexity index is 138. The lowest BCUT2D eigenvalue weighted by atomic mass is 10.1. The standard InChI is InChI=1S/C13H24O/c1-2-3-4-5-6-7-8-9-10-11-12-13-14/h9-10,13H,2-8,11-12H2,1H3/b10-9+. The Morgan fingerprint density at radius 3 is 2.14 bits per heavy atom. The molecule has 0 aliphatic carbocycles. The molecule has 0 atom stereocenters. The highest BCUT2D eigenvalue weighted by atomic mass is 16.1. The van der Waals surface area contributed by atoms with Crippen LogP contribution in [0.25, 0.3) is 0 Å². The van der Waals surface area contributed by atoms with E-state index in [-0.39, 0.29) is 0 Å². The summed E-state index contributed by atoms with van der Waals surface area (Å²) in [7, 11) is 0. The highest BCUT2D eigenvalue weighted by Gasteiger charge is 1.87. The topological polar surface area (TPSA) is 17.1 Å². The maximum atomic E-state index is 10.0. The second kappa shape index (κ2) is 12.4. The van der Waals surface area contributed by atoms with Gasteiger partial charge >= 0.3 is 0 Å². The fourth-order valence-electron chi connectivity index (χ4n) is 1.44. The van der Waals surface area contributed by atoms with E-state index in [9.17, 15) is 4.79 Å². The van der Waals surface area contributed by atoms with Crippen LogP contribution >= 0.6 is 0 Å². The number of rotatable bonds is 10. The van der Waals surface area contributed by atoms with Crippen molar-refractivity contribution in [1.29, 1.82) is 0 Å². The summed E-state index contributed by atoms with van der Waals surface area (Å²) >= 11 is 0. The molecule has 14 heavy (non-hydrogen) atoms. The molecule has 1 heteroatoms. The van der Waals surface area contributed by atoms with E-state index in [0.717, 1.165) is 12.7 Å². The van der Waals surface area contributed by atoms with Gasteiger partial charge in [-0.3, -0.25) is 0 Å². The van der Waals surface area contributed by atoms with Gasteiger partial charge < -0.3 is 4.79 Å². The van der Waals surface area contributed by atoms with Crippen LogP contribution in [0.15, 0.2) is 12.2 Å². The van der Waals surface area contributed by atoms with Gasteiger partial charge in [-0.15, -0.1) is 0 Å². The van der Waals surface area contributed by atoms with Gasteiger partial charge in [0.05, 0.1) is 0 Å². The Kier molecular flexibility index (Phi) is 11.9. The first-order valence-corrected chi connectivity index (χ1v) is 6.00. The molecule has 0 fully saturated rings. The lowest BCUT2D eigenvalue weighted by Crippen LogP contribution is -1.77. The number of carbonyl (C=O) groups is 1. The van der Waals surface area contributed by atoms with Crippen molar-refractivity contribution in [2.24, 2.45) is 0 Å². The van der Waals surface area contributed by atoms with Gasteiger partial charge in [0.15, 0.2) is 0 Å². The van der Waals surface area contributed by atoms with E-state index < -0.39 is 0 Å². The summed E-state index contributed by atoms with van der Waals surface area (Å²) in [5, 5.41) is 0. The normalized spacial score (nSPS) is 10.9. The molecule has 0 spiro atoms. The lowest BCUT2D eigenvalue weighted by Gasteiger charge is -1.97. The smallest absolute Gasteiger partial charge is 0.120 e. The van der Waals surface area contributed by atoms with Gasteiger partial charge in [0, 0.05) is 6.42 Å². The van der Waals surface area contributed by atoms with Gasteiger partial charge in [-0.1, -0.05) is 51.2 Å². The Morgan fingerprint density at radius 2 is 1.43 bits per heavy atom. The maximum absolute atomic E-state index is 10.0. The molecule has 0 aromatic heterocycles. The van der Waals surface area contributed by atoms with Gasteiger partial charge in [0.2, 0.25) is 0 Å². The largest absolute Gasteiger partial charge is 0.303 e. The SMILES string of the molecule is CCCCCCCC/C=C/CCC=O. The van der Waals surface area contributed by atoms with Crippen molar-refractivity contribution >= 4 is 6.29 Å². The zero-order valence-corrected chi connectivity index (χ0v) is 9.50.